The maximum atomic E-state index is 13.0. The number of amides is 2. The Balaban J connectivity index is 1.43. The van der Waals surface area contributed by atoms with Crippen LogP contribution in [0.2, 0.25) is 0 Å². The molecule has 2 amide bonds. The minimum absolute atomic E-state index is 0.145. The van der Waals surface area contributed by atoms with Gasteiger partial charge in [0.15, 0.2) is 0 Å². The number of nitrogen functional groups attached to an aromatic ring is 1. The lowest BCUT2D eigenvalue weighted by Crippen LogP contribution is -2.38. The molecule has 1 aliphatic heterocycles. The molecular weight excluding hydrogens is 503 g/mol. The number of hydrogen-bond donors (Lipinski definition) is 3. The molecule has 0 saturated carbocycles. The summed E-state index contributed by atoms with van der Waals surface area (Å²) >= 11 is 0. The van der Waals surface area contributed by atoms with Crippen molar-refractivity contribution in [1.82, 2.24) is 24.3 Å². The van der Waals surface area contributed by atoms with E-state index in [1.54, 1.807) is 24.5 Å². The van der Waals surface area contributed by atoms with Gasteiger partial charge in [0.25, 0.3) is 5.91 Å². The van der Waals surface area contributed by atoms with Crippen LogP contribution in [0.3, 0.4) is 0 Å². The molecule has 4 aromatic rings. The number of hydrogen-bond acceptors (Lipinski definition) is 6. The third kappa shape index (κ3) is 4.82. The van der Waals surface area contributed by atoms with Crippen molar-refractivity contribution >= 4 is 29.2 Å². The van der Waals surface area contributed by atoms with Crippen LogP contribution in [0.4, 0.5) is 29.6 Å². The van der Waals surface area contributed by atoms with Crippen molar-refractivity contribution in [2.24, 2.45) is 0 Å². The van der Waals surface area contributed by atoms with E-state index in [9.17, 15) is 27.9 Å². The lowest BCUT2D eigenvalue weighted by Gasteiger charge is -2.29. The van der Waals surface area contributed by atoms with Gasteiger partial charge in [0.05, 0.1) is 5.56 Å². The summed E-state index contributed by atoms with van der Waals surface area (Å²) in [6.45, 7) is 0.768. The number of anilines is 2. The van der Waals surface area contributed by atoms with E-state index in [0.29, 0.717) is 42.1 Å². The Morgan fingerprint density at radius 3 is 2.58 bits per heavy atom. The Morgan fingerprint density at radius 1 is 1.11 bits per heavy atom. The molecule has 13 heteroatoms. The molecule has 1 aromatic carbocycles. The number of carboxylic acid groups (broad SMARTS) is 1. The molecule has 4 heterocycles. The summed E-state index contributed by atoms with van der Waals surface area (Å²) < 4.78 is 40.7. The standard InChI is InChI=1S/C25H22F3N7O3/c26-25(27,28)17-7-8-30-18(12-17)32-23(36)15-5-3-14(4-6-15)19-20-21(29)31-9-11-35(20)22(33-19)16-2-1-10-34(13-16)24(37)38/h3-9,11-12,16H,1-2,10,13H2,(H2,29,31)(H,37,38)(H,30,32,36). The number of pyridine rings is 1. The fourth-order valence-corrected chi connectivity index (χ4v) is 4.58. The number of fused-ring (bicyclic) bond motifs is 1. The number of aromatic nitrogens is 4. The summed E-state index contributed by atoms with van der Waals surface area (Å²) in [6.07, 6.45) is 0.163. The highest BCUT2D eigenvalue weighted by Crippen LogP contribution is 2.34. The highest BCUT2D eigenvalue weighted by molar-refractivity contribution is 6.04. The van der Waals surface area contributed by atoms with E-state index in [1.165, 1.54) is 17.0 Å². The van der Waals surface area contributed by atoms with Gasteiger partial charge in [-0.1, -0.05) is 12.1 Å². The van der Waals surface area contributed by atoms with Crippen molar-refractivity contribution in [3.8, 4) is 11.3 Å². The highest BCUT2D eigenvalue weighted by Gasteiger charge is 2.31. The van der Waals surface area contributed by atoms with E-state index in [2.05, 4.69) is 15.3 Å². The molecule has 0 aliphatic carbocycles. The van der Waals surface area contributed by atoms with E-state index in [1.807, 2.05) is 4.40 Å². The number of nitrogens with one attached hydrogen (secondary N) is 1. The van der Waals surface area contributed by atoms with Crippen molar-refractivity contribution < 1.29 is 27.9 Å². The molecule has 0 radical (unpaired) electrons. The lowest BCUT2D eigenvalue weighted by atomic mass is 9.97. The molecule has 0 bridgehead atoms. The Kier molecular flexibility index (Phi) is 6.35. The third-order valence-electron chi connectivity index (χ3n) is 6.42. The van der Waals surface area contributed by atoms with E-state index in [0.717, 1.165) is 24.8 Å². The molecule has 196 valence electrons. The van der Waals surface area contributed by atoms with Crippen molar-refractivity contribution in [3.63, 3.8) is 0 Å². The van der Waals surface area contributed by atoms with Gasteiger partial charge in [0.1, 0.15) is 28.7 Å². The number of carbonyl (C=O) groups is 2. The number of imidazole rings is 1. The molecule has 1 fully saturated rings. The van der Waals surface area contributed by atoms with Gasteiger partial charge in [-0.3, -0.25) is 9.20 Å². The molecule has 1 saturated heterocycles. The predicted molar refractivity (Wildman–Crippen MR) is 132 cm³/mol. The van der Waals surface area contributed by atoms with Crippen LogP contribution in [0.15, 0.2) is 55.0 Å². The van der Waals surface area contributed by atoms with E-state index in [-0.39, 0.29) is 23.1 Å². The first-order valence-electron chi connectivity index (χ1n) is 11.7. The van der Waals surface area contributed by atoms with E-state index < -0.39 is 23.7 Å². The normalized spacial score (nSPS) is 16.0. The van der Waals surface area contributed by atoms with Crippen molar-refractivity contribution in [2.75, 3.05) is 24.1 Å². The zero-order valence-electron chi connectivity index (χ0n) is 19.8. The van der Waals surface area contributed by atoms with Gasteiger partial charge in [-0.2, -0.15) is 13.2 Å². The first kappa shape index (κ1) is 25.0. The number of nitrogens with two attached hydrogens (primary N) is 1. The zero-order valence-corrected chi connectivity index (χ0v) is 19.8. The lowest BCUT2D eigenvalue weighted by molar-refractivity contribution is -0.137. The molecule has 1 unspecified atom stereocenters. The fraction of sp³-hybridized carbons (Fsp3) is 0.240. The number of nitrogens with zero attached hydrogens (tertiary/aromatic N) is 5. The molecule has 3 aromatic heterocycles. The first-order valence-corrected chi connectivity index (χ1v) is 11.7. The molecule has 0 spiro atoms. The number of piperidine rings is 1. The smallest absolute Gasteiger partial charge is 0.416 e. The maximum absolute atomic E-state index is 13.0. The average molecular weight is 525 g/mol. The van der Waals surface area contributed by atoms with E-state index >= 15 is 0 Å². The van der Waals surface area contributed by atoms with Crippen LogP contribution in [0.5, 0.6) is 0 Å². The van der Waals surface area contributed by atoms with Gasteiger partial charge in [-0.05, 0) is 37.1 Å². The van der Waals surface area contributed by atoms with Crippen LogP contribution in [-0.4, -0.2) is 54.4 Å². The number of carbonyl (C=O) groups excluding carboxylic acids is 1. The summed E-state index contributed by atoms with van der Waals surface area (Å²) in [6, 6.07) is 7.92. The zero-order chi connectivity index (χ0) is 27.0. The van der Waals surface area contributed by atoms with Crippen LogP contribution in [0.1, 0.15) is 40.5 Å². The summed E-state index contributed by atoms with van der Waals surface area (Å²) in [5.74, 6) is -0.0960. The quantitative estimate of drug-likeness (QED) is 0.357. The van der Waals surface area contributed by atoms with Crippen molar-refractivity contribution in [3.05, 3.63) is 71.9 Å². The van der Waals surface area contributed by atoms with E-state index in [4.69, 9.17) is 10.7 Å². The van der Waals surface area contributed by atoms with Gasteiger partial charge in [-0.25, -0.2) is 19.7 Å². The van der Waals surface area contributed by atoms with Gasteiger partial charge in [-0.15, -0.1) is 0 Å². The highest BCUT2D eigenvalue weighted by atomic mass is 19.4. The summed E-state index contributed by atoms with van der Waals surface area (Å²) in [5, 5.41) is 11.8. The van der Waals surface area contributed by atoms with Crippen LogP contribution in [-0.2, 0) is 6.18 Å². The van der Waals surface area contributed by atoms with Gasteiger partial charge >= 0.3 is 12.3 Å². The summed E-state index contributed by atoms with van der Waals surface area (Å²) in [7, 11) is 0. The number of benzene rings is 1. The average Bonchev–Trinajstić information content (AvgIpc) is 3.29. The Bertz CT molecular complexity index is 1520. The molecule has 10 nitrogen and oxygen atoms in total. The second kappa shape index (κ2) is 9.65. The predicted octanol–water partition coefficient (Wildman–Crippen LogP) is 4.50. The van der Waals surface area contributed by atoms with Crippen LogP contribution in [0.25, 0.3) is 16.8 Å². The van der Waals surface area contributed by atoms with Gasteiger partial charge in [0.2, 0.25) is 0 Å². The van der Waals surface area contributed by atoms with Crippen molar-refractivity contribution in [2.45, 2.75) is 24.9 Å². The molecule has 4 N–H and O–H groups in total. The van der Waals surface area contributed by atoms with Crippen LogP contribution in [0, 0.1) is 0 Å². The minimum atomic E-state index is -4.56. The monoisotopic (exact) mass is 525 g/mol. The number of alkyl halides is 3. The molecule has 1 atom stereocenters. The number of halogens is 3. The molecule has 1 aliphatic rings. The number of likely N-dealkylation sites (tertiary alicyclic amines) is 1. The van der Waals surface area contributed by atoms with Crippen LogP contribution >= 0.6 is 0 Å². The summed E-state index contributed by atoms with van der Waals surface area (Å²) in [4.78, 5) is 38.3. The van der Waals surface area contributed by atoms with Gasteiger partial charge in [0, 0.05) is 48.7 Å². The number of rotatable bonds is 4. The van der Waals surface area contributed by atoms with Crippen LogP contribution < -0.4 is 11.1 Å². The SMILES string of the molecule is Nc1nccn2c(C3CCCN(C(=O)O)C3)nc(-c3ccc(C(=O)Nc4cc(C(F)(F)F)ccn4)cc3)c12. The fourth-order valence-electron chi connectivity index (χ4n) is 4.58. The Hall–Kier alpha value is -4.68. The third-order valence-corrected chi connectivity index (χ3v) is 6.42. The minimum Gasteiger partial charge on any atom is -0.465 e. The largest absolute Gasteiger partial charge is 0.465 e. The second-order valence-electron chi connectivity index (χ2n) is 8.88. The van der Waals surface area contributed by atoms with Gasteiger partial charge < -0.3 is 21.1 Å². The first-order chi connectivity index (χ1) is 18.1. The maximum Gasteiger partial charge on any atom is 0.416 e. The van der Waals surface area contributed by atoms with Crippen molar-refractivity contribution in [1.29, 1.82) is 0 Å². The molecule has 5 rings (SSSR count). The summed E-state index contributed by atoms with van der Waals surface area (Å²) in [5.41, 5.74) is 7.18. The molecule has 38 heavy (non-hydrogen) atoms. The molecular formula is C25H22F3N7O3. The second-order valence-corrected chi connectivity index (χ2v) is 8.88. The topological polar surface area (TPSA) is 139 Å². The Morgan fingerprint density at radius 2 is 1.87 bits per heavy atom. The Labute approximate surface area is 213 Å².